The lowest BCUT2D eigenvalue weighted by Crippen LogP contribution is -2.30. The van der Waals surface area contributed by atoms with Crippen LogP contribution in [0.3, 0.4) is 0 Å². The van der Waals surface area contributed by atoms with Gasteiger partial charge in [-0.25, -0.2) is 0 Å². The highest BCUT2D eigenvalue weighted by Crippen LogP contribution is 2.50. The van der Waals surface area contributed by atoms with Gasteiger partial charge in [-0.05, 0) is 64.3 Å². The number of benzene rings is 2. The van der Waals surface area contributed by atoms with Crippen molar-refractivity contribution in [3.63, 3.8) is 0 Å². The average molecular weight is 397 g/mol. The Morgan fingerprint density at radius 2 is 1.47 bits per heavy atom. The largest absolute Gasteiger partial charge is 0.359 e. The second-order valence-electron chi connectivity index (χ2n) is 10.4. The van der Waals surface area contributed by atoms with E-state index in [-0.39, 0.29) is 16.4 Å². The lowest BCUT2D eigenvalue weighted by atomic mass is 9.66. The average Bonchev–Trinajstić information content (AvgIpc) is 3.40. The highest BCUT2D eigenvalue weighted by molar-refractivity contribution is 5.80. The molecule has 1 atom stereocenters. The van der Waals surface area contributed by atoms with Gasteiger partial charge in [-0.1, -0.05) is 88.9 Å². The zero-order valence-electron chi connectivity index (χ0n) is 18.9. The zero-order chi connectivity index (χ0) is 21.3. The summed E-state index contributed by atoms with van der Waals surface area (Å²) in [6, 6.07) is 13.8. The van der Waals surface area contributed by atoms with Crippen LogP contribution in [0.15, 0.2) is 66.8 Å². The van der Waals surface area contributed by atoms with Crippen LogP contribution in [0.2, 0.25) is 0 Å². The Kier molecular flexibility index (Phi) is 4.12. The molecule has 1 saturated heterocycles. The van der Waals surface area contributed by atoms with Gasteiger partial charge in [-0.3, -0.25) is 0 Å². The van der Waals surface area contributed by atoms with E-state index in [9.17, 15) is 0 Å². The zero-order valence-corrected chi connectivity index (χ0v) is 18.9. The smallest absolute Gasteiger partial charge is 0.142 e. The number of ether oxygens (including phenoxy) is 1. The first-order chi connectivity index (χ1) is 14.1. The van der Waals surface area contributed by atoms with E-state index in [2.05, 4.69) is 95.8 Å². The van der Waals surface area contributed by atoms with E-state index in [4.69, 9.17) is 4.74 Å². The third-order valence-corrected chi connectivity index (χ3v) is 7.38. The van der Waals surface area contributed by atoms with Crippen molar-refractivity contribution < 1.29 is 4.74 Å². The van der Waals surface area contributed by atoms with Gasteiger partial charge >= 0.3 is 0 Å². The van der Waals surface area contributed by atoms with E-state index < -0.39 is 0 Å². The monoisotopic (exact) mass is 396 g/mol. The first-order valence-electron chi connectivity index (χ1n) is 11.1. The van der Waals surface area contributed by atoms with Gasteiger partial charge in [0.05, 0.1) is 6.61 Å². The fraction of sp³-hybridized carbons (Fsp3) is 0.379. The van der Waals surface area contributed by atoms with Gasteiger partial charge in [0.25, 0.3) is 0 Å². The Morgan fingerprint density at radius 3 is 2.00 bits per heavy atom. The molecule has 0 amide bonds. The van der Waals surface area contributed by atoms with Crippen molar-refractivity contribution in [2.24, 2.45) is 0 Å². The van der Waals surface area contributed by atoms with Gasteiger partial charge < -0.3 is 4.74 Å². The normalized spacial score (nSPS) is 25.8. The SMILES string of the molecule is C=C1CCC=C1c1ccc(C2(c3cc4c(cc3C)C(C)(C)C=CC4(C)C)CO2)cc1. The molecule has 1 aliphatic heterocycles. The molecule has 0 N–H and O–H groups in total. The predicted molar refractivity (Wildman–Crippen MR) is 126 cm³/mol. The summed E-state index contributed by atoms with van der Waals surface area (Å²) in [7, 11) is 0. The van der Waals surface area contributed by atoms with Gasteiger partial charge in [0, 0.05) is 10.8 Å². The number of hydrogen-bond donors (Lipinski definition) is 0. The number of allylic oxidation sites excluding steroid dienone is 5. The molecule has 30 heavy (non-hydrogen) atoms. The molecule has 1 heteroatoms. The van der Waals surface area contributed by atoms with E-state index >= 15 is 0 Å². The Morgan fingerprint density at radius 1 is 0.867 bits per heavy atom. The van der Waals surface area contributed by atoms with Crippen LogP contribution in [0.4, 0.5) is 0 Å². The van der Waals surface area contributed by atoms with Crippen LogP contribution in [0.25, 0.3) is 5.57 Å². The van der Waals surface area contributed by atoms with Crippen molar-refractivity contribution in [2.75, 3.05) is 6.61 Å². The van der Waals surface area contributed by atoms with Crippen LogP contribution < -0.4 is 0 Å². The van der Waals surface area contributed by atoms with Crippen LogP contribution in [0.5, 0.6) is 0 Å². The Labute approximate surface area is 181 Å². The summed E-state index contributed by atoms with van der Waals surface area (Å²) in [6.07, 6.45) is 9.23. The fourth-order valence-electron chi connectivity index (χ4n) is 5.27. The third-order valence-electron chi connectivity index (χ3n) is 7.38. The predicted octanol–water partition coefficient (Wildman–Crippen LogP) is 7.13. The summed E-state index contributed by atoms with van der Waals surface area (Å²) < 4.78 is 6.20. The maximum Gasteiger partial charge on any atom is 0.142 e. The molecule has 0 aromatic heterocycles. The molecule has 2 aliphatic carbocycles. The van der Waals surface area contributed by atoms with Crippen molar-refractivity contribution in [1.82, 2.24) is 0 Å². The van der Waals surface area contributed by atoms with E-state index in [1.165, 1.54) is 44.5 Å². The molecule has 3 aliphatic rings. The molecule has 154 valence electrons. The molecule has 1 fully saturated rings. The fourth-order valence-corrected chi connectivity index (χ4v) is 5.27. The molecule has 2 aromatic rings. The van der Waals surface area contributed by atoms with E-state index in [1.54, 1.807) is 0 Å². The molecule has 0 bridgehead atoms. The Bertz CT molecular complexity index is 1100. The summed E-state index contributed by atoms with van der Waals surface area (Å²) in [5.41, 5.74) is 10.4. The van der Waals surface area contributed by atoms with Gasteiger partial charge in [-0.15, -0.1) is 0 Å². The van der Waals surface area contributed by atoms with Crippen molar-refractivity contribution in [3.8, 4) is 0 Å². The first-order valence-corrected chi connectivity index (χ1v) is 11.1. The Balaban J connectivity index is 1.57. The molecule has 5 rings (SSSR count). The summed E-state index contributed by atoms with van der Waals surface area (Å²) in [5.74, 6) is 0. The van der Waals surface area contributed by atoms with Gasteiger partial charge in [0.15, 0.2) is 0 Å². The number of epoxide rings is 1. The standard InChI is InChI=1S/C29H32O/c1-19-8-7-9-23(19)21-10-12-22(13-11-21)29(18-30-29)24-17-26-25(16-20(24)2)27(3,4)14-15-28(26,5)6/h9-17H,1,7-8,18H2,2-6H3. The quantitative estimate of drug-likeness (QED) is 0.397. The number of fused-ring (bicyclic) bond motifs is 1. The van der Waals surface area contributed by atoms with Crippen LogP contribution in [0, 0.1) is 6.92 Å². The molecule has 1 unspecified atom stereocenters. The van der Waals surface area contributed by atoms with E-state index in [0.717, 1.165) is 19.4 Å². The second kappa shape index (κ2) is 6.31. The van der Waals surface area contributed by atoms with E-state index in [1.807, 2.05) is 0 Å². The molecular formula is C29H32O. The molecular weight excluding hydrogens is 364 g/mol. The van der Waals surface area contributed by atoms with Crippen molar-refractivity contribution >= 4 is 5.57 Å². The van der Waals surface area contributed by atoms with Crippen LogP contribution in [0.1, 0.15) is 73.9 Å². The van der Waals surface area contributed by atoms with Crippen LogP contribution in [-0.2, 0) is 21.2 Å². The molecule has 2 aromatic carbocycles. The third kappa shape index (κ3) is 2.87. The minimum absolute atomic E-state index is 0.0303. The molecule has 1 heterocycles. The summed E-state index contributed by atoms with van der Waals surface area (Å²) in [4.78, 5) is 0. The van der Waals surface area contributed by atoms with Crippen LogP contribution in [-0.4, -0.2) is 6.61 Å². The maximum absolute atomic E-state index is 6.20. The first kappa shape index (κ1) is 19.6. The lowest BCUT2D eigenvalue weighted by molar-refractivity contribution is 0.347. The molecule has 1 nitrogen and oxygen atoms in total. The van der Waals surface area contributed by atoms with Crippen molar-refractivity contribution in [3.05, 3.63) is 100 Å². The summed E-state index contributed by atoms with van der Waals surface area (Å²) in [6.45, 7) is 16.5. The number of rotatable bonds is 3. The molecule has 0 radical (unpaired) electrons. The molecule has 0 saturated carbocycles. The summed E-state index contributed by atoms with van der Waals surface area (Å²) >= 11 is 0. The van der Waals surface area contributed by atoms with Crippen molar-refractivity contribution in [1.29, 1.82) is 0 Å². The van der Waals surface area contributed by atoms with Crippen molar-refractivity contribution in [2.45, 2.75) is 63.9 Å². The van der Waals surface area contributed by atoms with E-state index in [0.29, 0.717) is 0 Å². The summed E-state index contributed by atoms with van der Waals surface area (Å²) in [5, 5.41) is 0. The number of hydrogen-bond acceptors (Lipinski definition) is 1. The molecule has 0 spiro atoms. The van der Waals surface area contributed by atoms with Crippen LogP contribution >= 0.6 is 0 Å². The van der Waals surface area contributed by atoms with Gasteiger partial charge in [-0.2, -0.15) is 0 Å². The number of aryl methyl sites for hydroxylation is 1. The lowest BCUT2D eigenvalue weighted by Gasteiger charge is -2.38. The van der Waals surface area contributed by atoms with Gasteiger partial charge in [0.2, 0.25) is 0 Å². The Hall–Kier alpha value is -2.38. The minimum Gasteiger partial charge on any atom is -0.359 e. The second-order valence-corrected chi connectivity index (χ2v) is 10.4. The maximum atomic E-state index is 6.20. The highest BCUT2D eigenvalue weighted by Gasteiger charge is 2.50. The highest BCUT2D eigenvalue weighted by atomic mass is 16.6. The topological polar surface area (TPSA) is 12.5 Å². The minimum atomic E-state index is -0.305. The van der Waals surface area contributed by atoms with Gasteiger partial charge in [0.1, 0.15) is 5.60 Å².